The number of rotatable bonds is 3. The fourth-order valence-corrected chi connectivity index (χ4v) is 4.08. The second-order valence-electron chi connectivity index (χ2n) is 6.70. The number of carbonyl (C=O) groups excluding carboxylic acids is 1. The molecule has 0 bridgehead atoms. The summed E-state index contributed by atoms with van der Waals surface area (Å²) in [5, 5.41) is 8.77. The van der Waals surface area contributed by atoms with Crippen LogP contribution in [0, 0.1) is 0 Å². The van der Waals surface area contributed by atoms with Crippen molar-refractivity contribution in [2.24, 2.45) is 5.10 Å². The van der Waals surface area contributed by atoms with Gasteiger partial charge in [-0.15, -0.1) is 16.4 Å². The Kier molecular flexibility index (Phi) is 4.33. The number of benzene rings is 2. The highest BCUT2D eigenvalue weighted by Crippen LogP contribution is 2.36. The van der Waals surface area contributed by atoms with Crippen LogP contribution in [0.5, 0.6) is 0 Å². The van der Waals surface area contributed by atoms with Crippen molar-refractivity contribution in [2.45, 2.75) is 13.2 Å². The van der Waals surface area contributed by atoms with E-state index in [1.807, 2.05) is 78.2 Å². The van der Waals surface area contributed by atoms with E-state index >= 15 is 0 Å². The second-order valence-corrected chi connectivity index (χ2v) is 7.64. The number of hydrogen-bond donors (Lipinski definition) is 0. The lowest BCUT2D eigenvalue weighted by molar-refractivity contribution is -0.135. The summed E-state index contributed by atoms with van der Waals surface area (Å²) in [6.07, 6.45) is -0.639. The Morgan fingerprint density at radius 2 is 1.83 bits per heavy atom. The van der Waals surface area contributed by atoms with E-state index in [1.165, 1.54) is 23.3 Å². The minimum absolute atomic E-state index is 0.177. The standard InChI is InChI=1S/C23H17N3O2S/c1-15(27)26-23(28-22(25-26)21-12-7-13-29-21)18-14-20(16-8-3-2-4-9-16)24-19-11-6-5-10-17(18)19/h2-14,23H,1H3. The minimum atomic E-state index is -0.639. The van der Waals surface area contributed by atoms with E-state index in [4.69, 9.17) is 9.72 Å². The number of thiophene rings is 1. The van der Waals surface area contributed by atoms with Crippen LogP contribution in [0.1, 0.15) is 23.6 Å². The maximum Gasteiger partial charge on any atom is 0.251 e. The fraction of sp³-hybridized carbons (Fsp3) is 0.0870. The number of para-hydroxylation sites is 1. The zero-order valence-corrected chi connectivity index (χ0v) is 16.5. The molecule has 5 nitrogen and oxygen atoms in total. The van der Waals surface area contributed by atoms with Gasteiger partial charge in [0, 0.05) is 23.4 Å². The summed E-state index contributed by atoms with van der Waals surface area (Å²) >= 11 is 1.53. The van der Waals surface area contributed by atoms with E-state index in [0.29, 0.717) is 5.90 Å². The summed E-state index contributed by atoms with van der Waals surface area (Å²) in [6.45, 7) is 1.50. The monoisotopic (exact) mass is 399 g/mol. The third kappa shape index (κ3) is 3.17. The fourth-order valence-electron chi connectivity index (χ4n) is 3.43. The van der Waals surface area contributed by atoms with Gasteiger partial charge in [-0.2, -0.15) is 5.01 Å². The predicted octanol–water partition coefficient (Wildman–Crippen LogP) is 5.20. The van der Waals surface area contributed by atoms with Crippen LogP contribution in [-0.4, -0.2) is 21.8 Å². The van der Waals surface area contributed by atoms with Crippen LogP contribution < -0.4 is 0 Å². The molecule has 0 aliphatic carbocycles. The number of carbonyl (C=O) groups is 1. The van der Waals surface area contributed by atoms with Gasteiger partial charge in [0.05, 0.1) is 16.1 Å². The van der Waals surface area contributed by atoms with Crippen LogP contribution in [0.3, 0.4) is 0 Å². The molecule has 0 spiro atoms. The van der Waals surface area contributed by atoms with Crippen LogP contribution in [0.15, 0.2) is 83.3 Å². The summed E-state index contributed by atoms with van der Waals surface area (Å²) in [5.74, 6) is 0.283. The van der Waals surface area contributed by atoms with Crippen molar-refractivity contribution in [2.75, 3.05) is 0 Å². The van der Waals surface area contributed by atoms with E-state index < -0.39 is 6.23 Å². The van der Waals surface area contributed by atoms with Crippen molar-refractivity contribution in [1.82, 2.24) is 9.99 Å². The molecular weight excluding hydrogens is 382 g/mol. The molecule has 1 aliphatic rings. The van der Waals surface area contributed by atoms with Crippen LogP contribution in [0.2, 0.25) is 0 Å². The first-order valence-electron chi connectivity index (χ1n) is 9.25. The van der Waals surface area contributed by atoms with Crippen LogP contribution in [0.25, 0.3) is 22.2 Å². The molecule has 4 aromatic rings. The average Bonchev–Trinajstić information content (AvgIpc) is 3.43. The van der Waals surface area contributed by atoms with Crippen molar-refractivity contribution >= 4 is 34.0 Å². The Morgan fingerprint density at radius 1 is 1.03 bits per heavy atom. The molecule has 2 aromatic carbocycles. The molecule has 1 unspecified atom stereocenters. The summed E-state index contributed by atoms with van der Waals surface area (Å²) < 4.78 is 6.20. The highest BCUT2D eigenvalue weighted by Gasteiger charge is 2.35. The highest BCUT2D eigenvalue weighted by atomic mass is 32.1. The smallest absolute Gasteiger partial charge is 0.251 e. The number of pyridine rings is 1. The van der Waals surface area contributed by atoms with E-state index in [9.17, 15) is 4.79 Å². The predicted molar refractivity (Wildman–Crippen MR) is 114 cm³/mol. The van der Waals surface area contributed by atoms with Gasteiger partial charge in [-0.1, -0.05) is 54.6 Å². The van der Waals surface area contributed by atoms with Crippen molar-refractivity contribution in [1.29, 1.82) is 0 Å². The molecule has 0 saturated heterocycles. The summed E-state index contributed by atoms with van der Waals surface area (Å²) in [4.78, 5) is 18.1. The molecule has 142 valence electrons. The second kappa shape index (κ2) is 7.14. The normalized spacial score (nSPS) is 16.0. The number of hydrogen-bond acceptors (Lipinski definition) is 5. The topological polar surface area (TPSA) is 54.8 Å². The summed E-state index contributed by atoms with van der Waals surface area (Å²) in [7, 11) is 0. The van der Waals surface area contributed by atoms with Crippen molar-refractivity contribution in [3.63, 3.8) is 0 Å². The van der Waals surface area contributed by atoms with Gasteiger partial charge in [0.25, 0.3) is 5.90 Å². The zero-order valence-electron chi connectivity index (χ0n) is 15.6. The molecular formula is C23H17N3O2S. The Balaban J connectivity index is 1.66. The Hall–Kier alpha value is -3.51. The molecule has 1 amide bonds. The third-order valence-electron chi connectivity index (χ3n) is 4.78. The van der Waals surface area contributed by atoms with E-state index in [2.05, 4.69) is 5.10 Å². The van der Waals surface area contributed by atoms with Gasteiger partial charge in [0.1, 0.15) is 0 Å². The molecule has 5 rings (SSSR count). The number of aromatic nitrogens is 1. The van der Waals surface area contributed by atoms with Gasteiger partial charge in [0.15, 0.2) is 0 Å². The first kappa shape index (κ1) is 17.6. The minimum Gasteiger partial charge on any atom is -0.445 e. The first-order valence-corrected chi connectivity index (χ1v) is 10.1. The molecule has 3 heterocycles. The molecule has 2 aromatic heterocycles. The SMILES string of the molecule is CC(=O)N1N=C(c2cccs2)OC1c1cc(-c2ccccc2)nc2ccccc12. The molecule has 1 atom stereocenters. The number of fused-ring (bicyclic) bond motifs is 1. The lowest BCUT2D eigenvalue weighted by Crippen LogP contribution is -2.25. The van der Waals surface area contributed by atoms with Crippen molar-refractivity contribution in [3.05, 3.63) is 88.6 Å². The van der Waals surface area contributed by atoms with E-state index in [1.54, 1.807) is 0 Å². The van der Waals surface area contributed by atoms with Gasteiger partial charge >= 0.3 is 0 Å². The van der Waals surface area contributed by atoms with Gasteiger partial charge in [-0.3, -0.25) is 4.79 Å². The number of nitrogens with zero attached hydrogens (tertiary/aromatic N) is 3. The van der Waals surface area contributed by atoms with Crippen molar-refractivity contribution in [3.8, 4) is 11.3 Å². The molecule has 0 N–H and O–H groups in total. The number of hydrazone groups is 1. The number of ether oxygens (including phenoxy) is 1. The molecule has 29 heavy (non-hydrogen) atoms. The largest absolute Gasteiger partial charge is 0.445 e. The highest BCUT2D eigenvalue weighted by molar-refractivity contribution is 7.12. The average molecular weight is 399 g/mol. The van der Waals surface area contributed by atoms with E-state index in [-0.39, 0.29) is 5.91 Å². The first-order chi connectivity index (χ1) is 14.2. The van der Waals surface area contributed by atoms with Crippen LogP contribution >= 0.6 is 11.3 Å². The van der Waals surface area contributed by atoms with Crippen LogP contribution in [0.4, 0.5) is 0 Å². The molecule has 0 fully saturated rings. The Labute approximate surface area is 171 Å². The lowest BCUT2D eigenvalue weighted by atomic mass is 10.0. The summed E-state index contributed by atoms with van der Waals surface area (Å²) in [6, 6.07) is 23.7. The van der Waals surface area contributed by atoms with Gasteiger partial charge < -0.3 is 4.74 Å². The third-order valence-corrected chi connectivity index (χ3v) is 5.64. The van der Waals surface area contributed by atoms with E-state index in [0.717, 1.165) is 32.6 Å². The number of amides is 1. The maximum absolute atomic E-state index is 12.4. The Morgan fingerprint density at radius 3 is 2.59 bits per heavy atom. The quantitative estimate of drug-likeness (QED) is 0.476. The Bertz CT molecular complexity index is 1220. The van der Waals surface area contributed by atoms with Gasteiger partial charge in [0.2, 0.25) is 12.1 Å². The molecule has 0 saturated carbocycles. The lowest BCUT2D eigenvalue weighted by Gasteiger charge is -2.21. The zero-order chi connectivity index (χ0) is 19.8. The van der Waals surface area contributed by atoms with Crippen molar-refractivity contribution < 1.29 is 9.53 Å². The molecule has 1 aliphatic heterocycles. The van der Waals surface area contributed by atoms with Gasteiger partial charge in [-0.05, 0) is 23.6 Å². The van der Waals surface area contributed by atoms with Gasteiger partial charge in [-0.25, -0.2) is 4.98 Å². The molecule has 6 heteroatoms. The summed E-state index contributed by atoms with van der Waals surface area (Å²) in [5.41, 5.74) is 3.54. The van der Waals surface area contributed by atoms with Crippen LogP contribution in [-0.2, 0) is 9.53 Å². The molecule has 0 radical (unpaired) electrons. The maximum atomic E-state index is 12.4.